The molecule has 88 valence electrons. The summed E-state index contributed by atoms with van der Waals surface area (Å²) in [6, 6.07) is 7.03. The summed E-state index contributed by atoms with van der Waals surface area (Å²) < 4.78 is 26.0. The first-order valence-electron chi connectivity index (χ1n) is 5.50. The van der Waals surface area contributed by atoms with Crippen molar-refractivity contribution in [3.05, 3.63) is 29.8 Å². The zero-order valence-electron chi connectivity index (χ0n) is 9.90. The molecule has 1 aromatic carbocycles. The van der Waals surface area contributed by atoms with Crippen LogP contribution >= 0.6 is 0 Å². The molecule has 0 aromatic heterocycles. The van der Waals surface area contributed by atoms with Gasteiger partial charge in [-0.2, -0.15) is 4.31 Å². The van der Waals surface area contributed by atoms with Crippen LogP contribution in [-0.4, -0.2) is 24.8 Å². The summed E-state index contributed by atoms with van der Waals surface area (Å²) >= 11 is 0. The first kappa shape index (κ1) is 11.6. The number of benzene rings is 1. The highest BCUT2D eigenvalue weighted by Crippen LogP contribution is 2.40. The molecule has 1 heterocycles. The maximum atomic E-state index is 12.2. The molecule has 0 radical (unpaired) electrons. The Hall–Kier alpha value is -0.870. The van der Waals surface area contributed by atoms with E-state index in [1.165, 1.54) is 0 Å². The molecule has 0 aliphatic carbocycles. The third-order valence-corrected chi connectivity index (χ3v) is 5.37. The van der Waals surface area contributed by atoms with Crippen LogP contribution in [0.1, 0.15) is 25.8 Å². The van der Waals surface area contributed by atoms with Crippen LogP contribution in [0.2, 0.25) is 0 Å². The molecule has 1 aromatic rings. The average molecular weight is 239 g/mol. The minimum atomic E-state index is -3.27. The topological polar surface area (TPSA) is 37.1 Å². The van der Waals surface area contributed by atoms with Crippen molar-refractivity contribution in [1.29, 1.82) is 0 Å². The molecule has 0 spiro atoms. The highest BCUT2D eigenvalue weighted by molar-refractivity contribution is 7.89. The predicted octanol–water partition coefficient (Wildman–Crippen LogP) is 2.17. The average Bonchev–Trinajstić information content (AvgIpc) is 2.93. The SMILES string of the molecule is CCC1(C)CN1S(=O)(=O)c1ccc(C)cc1. The van der Waals surface area contributed by atoms with Gasteiger partial charge < -0.3 is 0 Å². The fourth-order valence-corrected chi connectivity index (χ4v) is 3.67. The van der Waals surface area contributed by atoms with Crippen molar-refractivity contribution in [2.45, 2.75) is 37.6 Å². The largest absolute Gasteiger partial charge is 0.243 e. The van der Waals surface area contributed by atoms with Crippen molar-refractivity contribution in [1.82, 2.24) is 4.31 Å². The van der Waals surface area contributed by atoms with Crippen molar-refractivity contribution in [3.8, 4) is 0 Å². The molecule has 16 heavy (non-hydrogen) atoms. The molecule has 1 aliphatic heterocycles. The smallest absolute Gasteiger partial charge is 0.207 e. The van der Waals surface area contributed by atoms with Gasteiger partial charge in [-0.25, -0.2) is 8.42 Å². The molecular weight excluding hydrogens is 222 g/mol. The van der Waals surface area contributed by atoms with Gasteiger partial charge in [0.1, 0.15) is 0 Å². The molecule has 3 nitrogen and oxygen atoms in total. The number of nitrogens with zero attached hydrogens (tertiary/aromatic N) is 1. The molecule has 2 atom stereocenters. The van der Waals surface area contributed by atoms with Gasteiger partial charge in [0.05, 0.1) is 4.90 Å². The lowest BCUT2D eigenvalue weighted by molar-refractivity contribution is 0.507. The third kappa shape index (κ3) is 1.76. The summed E-state index contributed by atoms with van der Waals surface area (Å²) in [5.41, 5.74) is 0.909. The first-order chi connectivity index (χ1) is 7.40. The summed E-state index contributed by atoms with van der Waals surface area (Å²) in [5.74, 6) is 0. The van der Waals surface area contributed by atoms with Crippen LogP contribution in [-0.2, 0) is 10.0 Å². The van der Waals surface area contributed by atoms with Gasteiger partial charge in [0.25, 0.3) is 0 Å². The van der Waals surface area contributed by atoms with Gasteiger partial charge in [-0.3, -0.25) is 0 Å². The van der Waals surface area contributed by atoms with Crippen molar-refractivity contribution >= 4 is 10.0 Å². The van der Waals surface area contributed by atoms with Crippen LogP contribution in [0, 0.1) is 6.92 Å². The summed E-state index contributed by atoms with van der Waals surface area (Å²) in [6.07, 6.45) is 0.859. The fraction of sp³-hybridized carbons (Fsp3) is 0.500. The third-order valence-electron chi connectivity index (χ3n) is 3.35. The fourth-order valence-electron chi connectivity index (χ4n) is 1.77. The summed E-state index contributed by atoms with van der Waals surface area (Å²) in [7, 11) is -3.27. The van der Waals surface area contributed by atoms with Gasteiger partial charge >= 0.3 is 0 Å². The summed E-state index contributed by atoms with van der Waals surface area (Å²) in [6.45, 7) is 6.59. The predicted molar refractivity (Wildman–Crippen MR) is 63.8 cm³/mol. The maximum absolute atomic E-state index is 12.2. The Balaban J connectivity index is 2.31. The normalized spacial score (nSPS) is 29.1. The van der Waals surface area contributed by atoms with E-state index in [1.807, 2.05) is 32.9 Å². The van der Waals surface area contributed by atoms with E-state index in [4.69, 9.17) is 0 Å². The zero-order valence-corrected chi connectivity index (χ0v) is 10.7. The Morgan fingerprint density at radius 3 is 2.31 bits per heavy atom. The second-order valence-electron chi connectivity index (χ2n) is 4.68. The van der Waals surface area contributed by atoms with E-state index in [0.29, 0.717) is 11.4 Å². The van der Waals surface area contributed by atoms with Gasteiger partial charge in [0.15, 0.2) is 0 Å². The van der Waals surface area contributed by atoms with Crippen molar-refractivity contribution in [2.24, 2.45) is 0 Å². The Kier molecular flexibility index (Phi) is 2.59. The minimum Gasteiger partial charge on any atom is -0.207 e. The number of rotatable bonds is 3. The number of aryl methyl sites for hydroxylation is 1. The number of hydrogen-bond acceptors (Lipinski definition) is 2. The van der Waals surface area contributed by atoms with E-state index >= 15 is 0 Å². The Labute approximate surface area is 97.1 Å². The molecule has 0 saturated carbocycles. The lowest BCUT2D eigenvalue weighted by Gasteiger charge is -2.10. The molecule has 0 N–H and O–H groups in total. The van der Waals surface area contributed by atoms with Crippen LogP contribution in [0.4, 0.5) is 0 Å². The lowest BCUT2D eigenvalue weighted by atomic mass is 10.1. The Bertz CT molecular complexity index is 492. The van der Waals surface area contributed by atoms with Crippen molar-refractivity contribution in [3.63, 3.8) is 0 Å². The van der Waals surface area contributed by atoms with E-state index < -0.39 is 10.0 Å². The van der Waals surface area contributed by atoms with Gasteiger partial charge in [-0.05, 0) is 32.4 Å². The highest BCUT2D eigenvalue weighted by Gasteiger charge is 2.53. The van der Waals surface area contributed by atoms with Crippen LogP contribution in [0.5, 0.6) is 0 Å². The number of hydrogen-bond donors (Lipinski definition) is 0. The van der Waals surface area contributed by atoms with E-state index in [0.717, 1.165) is 12.0 Å². The zero-order chi connectivity index (χ0) is 12.0. The molecule has 4 heteroatoms. The standard InChI is InChI=1S/C12H17NO2S/c1-4-12(3)9-13(12)16(14,15)11-7-5-10(2)6-8-11/h5-8H,4,9H2,1-3H3. The van der Waals surface area contributed by atoms with E-state index in [9.17, 15) is 8.42 Å². The van der Waals surface area contributed by atoms with Crippen LogP contribution in [0.3, 0.4) is 0 Å². The lowest BCUT2D eigenvalue weighted by Crippen LogP contribution is -2.20. The van der Waals surface area contributed by atoms with Crippen molar-refractivity contribution < 1.29 is 8.42 Å². The van der Waals surface area contributed by atoms with Gasteiger partial charge in [0, 0.05) is 12.1 Å². The highest BCUT2D eigenvalue weighted by atomic mass is 32.2. The molecular formula is C12H17NO2S. The Morgan fingerprint density at radius 2 is 1.88 bits per heavy atom. The Morgan fingerprint density at radius 1 is 1.31 bits per heavy atom. The maximum Gasteiger partial charge on any atom is 0.243 e. The molecule has 0 bridgehead atoms. The number of sulfonamides is 1. The van der Waals surface area contributed by atoms with E-state index in [-0.39, 0.29) is 5.54 Å². The molecule has 1 fully saturated rings. The molecule has 0 amide bonds. The van der Waals surface area contributed by atoms with Gasteiger partial charge in [0.2, 0.25) is 10.0 Å². The second-order valence-corrected chi connectivity index (χ2v) is 6.54. The molecule has 1 aliphatic rings. The van der Waals surface area contributed by atoms with E-state index in [2.05, 4.69) is 0 Å². The van der Waals surface area contributed by atoms with Gasteiger partial charge in [-0.1, -0.05) is 24.6 Å². The molecule has 2 rings (SSSR count). The quantitative estimate of drug-likeness (QED) is 0.758. The first-order valence-corrected chi connectivity index (χ1v) is 6.94. The van der Waals surface area contributed by atoms with Crippen LogP contribution in [0.25, 0.3) is 0 Å². The van der Waals surface area contributed by atoms with Crippen molar-refractivity contribution in [2.75, 3.05) is 6.54 Å². The molecule has 2 unspecified atom stereocenters. The summed E-state index contributed by atoms with van der Waals surface area (Å²) in [4.78, 5) is 0.398. The second kappa shape index (κ2) is 3.57. The van der Waals surface area contributed by atoms with Crippen LogP contribution < -0.4 is 0 Å². The minimum absolute atomic E-state index is 0.163. The van der Waals surface area contributed by atoms with Gasteiger partial charge in [-0.15, -0.1) is 0 Å². The summed E-state index contributed by atoms with van der Waals surface area (Å²) in [5, 5.41) is 0. The monoisotopic (exact) mass is 239 g/mol. The molecule has 1 saturated heterocycles. The van der Waals surface area contributed by atoms with E-state index in [1.54, 1.807) is 16.4 Å². The van der Waals surface area contributed by atoms with Crippen LogP contribution in [0.15, 0.2) is 29.2 Å².